The molecule has 3 aromatic rings. The summed E-state index contributed by atoms with van der Waals surface area (Å²) in [6.45, 7) is 6.10. The number of carbonyl (C=O) groups excluding carboxylic acids is 1. The number of phenols is 1. The molecule has 0 aliphatic carbocycles. The number of aryl methyl sites for hydroxylation is 4. The molecule has 0 amide bonds. The quantitative estimate of drug-likeness (QED) is 0.266. The standard InChI is InChI=1S/C24H24N4O3/c1-16-8-6-9-17(2)20(16)13-12-19-10-7-11-21(23(19)30)25-26-22-18(3)27-28(24(22)31)14-4-5-15-29/h6-11,15,27,30H,4-5,14H2,1-3H3. The van der Waals surface area contributed by atoms with Crippen LogP contribution < -0.4 is 5.56 Å². The third-order valence-corrected chi connectivity index (χ3v) is 4.89. The molecule has 0 fully saturated rings. The fraction of sp³-hybridized carbons (Fsp3) is 0.250. The van der Waals surface area contributed by atoms with Crippen LogP contribution in [0.4, 0.5) is 11.4 Å². The highest BCUT2D eigenvalue weighted by Gasteiger charge is 2.11. The molecule has 7 nitrogen and oxygen atoms in total. The van der Waals surface area contributed by atoms with Crippen molar-refractivity contribution in [3.8, 4) is 17.6 Å². The van der Waals surface area contributed by atoms with Gasteiger partial charge in [-0.05, 0) is 50.5 Å². The summed E-state index contributed by atoms with van der Waals surface area (Å²) in [7, 11) is 0. The highest BCUT2D eigenvalue weighted by atomic mass is 16.3. The van der Waals surface area contributed by atoms with Crippen molar-refractivity contribution < 1.29 is 9.90 Å². The van der Waals surface area contributed by atoms with E-state index in [9.17, 15) is 14.7 Å². The minimum atomic E-state index is -0.322. The van der Waals surface area contributed by atoms with Crippen molar-refractivity contribution in [2.75, 3.05) is 0 Å². The van der Waals surface area contributed by atoms with Gasteiger partial charge in [-0.2, -0.15) is 0 Å². The molecule has 0 aliphatic heterocycles. The lowest BCUT2D eigenvalue weighted by molar-refractivity contribution is -0.107. The number of phenolic OH excluding ortho intramolecular Hbond substituents is 1. The van der Waals surface area contributed by atoms with Gasteiger partial charge in [-0.3, -0.25) is 14.6 Å². The Morgan fingerprint density at radius 1 is 1.06 bits per heavy atom. The minimum absolute atomic E-state index is 0.0931. The molecular formula is C24H24N4O3. The highest BCUT2D eigenvalue weighted by molar-refractivity contribution is 5.62. The number of rotatable bonds is 6. The monoisotopic (exact) mass is 416 g/mol. The summed E-state index contributed by atoms with van der Waals surface area (Å²) in [5.74, 6) is 6.03. The van der Waals surface area contributed by atoms with Gasteiger partial charge in [0.25, 0.3) is 5.56 Å². The smallest absolute Gasteiger partial charge is 0.294 e. The van der Waals surface area contributed by atoms with Gasteiger partial charge in [0.2, 0.25) is 0 Å². The van der Waals surface area contributed by atoms with Gasteiger partial charge in [0, 0.05) is 18.5 Å². The van der Waals surface area contributed by atoms with Crippen LogP contribution in [-0.4, -0.2) is 21.2 Å². The maximum Gasteiger partial charge on any atom is 0.294 e. The first-order valence-corrected chi connectivity index (χ1v) is 9.97. The molecule has 31 heavy (non-hydrogen) atoms. The maximum absolute atomic E-state index is 12.5. The largest absolute Gasteiger partial charge is 0.504 e. The zero-order chi connectivity index (χ0) is 22.4. The molecule has 0 bridgehead atoms. The molecule has 0 aliphatic rings. The van der Waals surface area contributed by atoms with E-state index in [-0.39, 0.29) is 22.7 Å². The number of aldehydes is 1. The van der Waals surface area contributed by atoms with Gasteiger partial charge in [-0.1, -0.05) is 36.1 Å². The number of aromatic amines is 1. The van der Waals surface area contributed by atoms with Crippen LogP contribution in [0.25, 0.3) is 0 Å². The van der Waals surface area contributed by atoms with E-state index in [0.29, 0.717) is 30.6 Å². The Hall–Kier alpha value is -3.92. The lowest BCUT2D eigenvalue weighted by Crippen LogP contribution is -2.16. The van der Waals surface area contributed by atoms with Gasteiger partial charge in [-0.15, -0.1) is 10.2 Å². The van der Waals surface area contributed by atoms with E-state index in [1.807, 2.05) is 32.0 Å². The fourth-order valence-corrected chi connectivity index (χ4v) is 3.16. The number of carbonyl (C=O) groups is 1. The van der Waals surface area contributed by atoms with Crippen LogP contribution in [0.5, 0.6) is 5.75 Å². The normalized spacial score (nSPS) is 10.8. The van der Waals surface area contributed by atoms with Gasteiger partial charge in [0.15, 0.2) is 11.4 Å². The number of aromatic hydroxyl groups is 1. The second kappa shape index (κ2) is 9.72. The second-order valence-corrected chi connectivity index (χ2v) is 7.24. The molecule has 158 valence electrons. The van der Waals surface area contributed by atoms with E-state index < -0.39 is 0 Å². The Bertz CT molecular complexity index is 1240. The first-order chi connectivity index (χ1) is 14.9. The lowest BCUT2D eigenvalue weighted by Gasteiger charge is -2.02. The van der Waals surface area contributed by atoms with Crippen LogP contribution in [-0.2, 0) is 11.3 Å². The van der Waals surface area contributed by atoms with Crippen LogP contribution in [0.1, 0.15) is 40.8 Å². The van der Waals surface area contributed by atoms with E-state index in [0.717, 1.165) is 23.0 Å². The molecule has 1 aromatic heterocycles. The minimum Gasteiger partial charge on any atom is -0.504 e. The Kier molecular flexibility index (Phi) is 6.83. The van der Waals surface area contributed by atoms with E-state index in [4.69, 9.17) is 0 Å². The summed E-state index contributed by atoms with van der Waals surface area (Å²) in [6.07, 6.45) is 1.76. The highest BCUT2D eigenvalue weighted by Crippen LogP contribution is 2.31. The summed E-state index contributed by atoms with van der Waals surface area (Å²) < 4.78 is 1.40. The van der Waals surface area contributed by atoms with Gasteiger partial charge in [-0.25, -0.2) is 0 Å². The van der Waals surface area contributed by atoms with Gasteiger partial charge in [0.1, 0.15) is 12.0 Å². The number of para-hydroxylation sites is 1. The van der Waals surface area contributed by atoms with Gasteiger partial charge >= 0.3 is 0 Å². The summed E-state index contributed by atoms with van der Waals surface area (Å²) in [5, 5.41) is 21.7. The van der Waals surface area contributed by atoms with Gasteiger partial charge in [0.05, 0.1) is 11.3 Å². The average Bonchev–Trinajstić information content (AvgIpc) is 3.01. The number of nitrogens with zero attached hydrogens (tertiary/aromatic N) is 3. The van der Waals surface area contributed by atoms with Crippen molar-refractivity contribution in [2.45, 2.75) is 40.2 Å². The molecule has 0 saturated carbocycles. The summed E-state index contributed by atoms with van der Waals surface area (Å²) >= 11 is 0. The summed E-state index contributed by atoms with van der Waals surface area (Å²) in [4.78, 5) is 23.0. The van der Waals surface area contributed by atoms with E-state index >= 15 is 0 Å². The summed E-state index contributed by atoms with van der Waals surface area (Å²) in [5.41, 5.74) is 4.11. The SMILES string of the molecule is Cc1cccc(C)c1C#Cc1cccc(N=Nc2c(C)[nH]n(CCCC=O)c2=O)c1O. The predicted molar refractivity (Wildman–Crippen MR) is 119 cm³/mol. The zero-order valence-electron chi connectivity index (χ0n) is 17.8. The van der Waals surface area contributed by atoms with Crippen molar-refractivity contribution in [1.29, 1.82) is 0 Å². The van der Waals surface area contributed by atoms with Crippen LogP contribution in [0.15, 0.2) is 51.4 Å². The average molecular weight is 416 g/mol. The van der Waals surface area contributed by atoms with Crippen molar-refractivity contribution in [3.05, 3.63) is 74.7 Å². The Morgan fingerprint density at radius 3 is 2.48 bits per heavy atom. The number of hydrogen-bond donors (Lipinski definition) is 2. The Labute approximate surface area is 180 Å². The van der Waals surface area contributed by atoms with E-state index in [1.54, 1.807) is 25.1 Å². The van der Waals surface area contributed by atoms with Crippen LogP contribution in [0.3, 0.4) is 0 Å². The second-order valence-electron chi connectivity index (χ2n) is 7.24. The first-order valence-electron chi connectivity index (χ1n) is 9.97. The van der Waals surface area contributed by atoms with Crippen LogP contribution in [0, 0.1) is 32.6 Å². The molecule has 0 atom stereocenters. The Morgan fingerprint density at radius 2 is 1.77 bits per heavy atom. The third-order valence-electron chi connectivity index (χ3n) is 4.89. The third kappa shape index (κ3) is 4.98. The predicted octanol–water partition coefficient (Wildman–Crippen LogP) is 4.60. The molecular weight excluding hydrogens is 392 g/mol. The number of aromatic nitrogens is 2. The topological polar surface area (TPSA) is 99.8 Å². The maximum atomic E-state index is 12.5. The number of hydrogen-bond acceptors (Lipinski definition) is 5. The fourth-order valence-electron chi connectivity index (χ4n) is 3.16. The number of unbranched alkanes of at least 4 members (excludes halogenated alkanes) is 1. The molecule has 7 heteroatoms. The molecule has 0 unspecified atom stereocenters. The molecule has 1 heterocycles. The van der Waals surface area contributed by atoms with Crippen molar-refractivity contribution in [1.82, 2.24) is 9.78 Å². The van der Waals surface area contributed by atoms with Gasteiger partial charge < -0.3 is 9.90 Å². The Balaban J connectivity index is 1.88. The molecule has 0 radical (unpaired) electrons. The van der Waals surface area contributed by atoms with E-state index in [1.165, 1.54) is 4.68 Å². The van der Waals surface area contributed by atoms with Crippen LogP contribution >= 0.6 is 0 Å². The first kappa shape index (κ1) is 21.8. The van der Waals surface area contributed by atoms with E-state index in [2.05, 4.69) is 27.2 Å². The van der Waals surface area contributed by atoms with Crippen molar-refractivity contribution in [3.63, 3.8) is 0 Å². The van der Waals surface area contributed by atoms with Crippen LogP contribution in [0.2, 0.25) is 0 Å². The molecule has 0 spiro atoms. The molecule has 3 rings (SSSR count). The number of azo groups is 1. The molecule has 2 N–H and O–H groups in total. The summed E-state index contributed by atoms with van der Waals surface area (Å²) in [6, 6.07) is 11.0. The number of nitrogens with one attached hydrogen (secondary N) is 1. The lowest BCUT2D eigenvalue weighted by atomic mass is 10.0. The molecule has 0 saturated heterocycles. The molecule has 2 aromatic carbocycles. The zero-order valence-corrected chi connectivity index (χ0v) is 17.8. The van der Waals surface area contributed by atoms with Crippen molar-refractivity contribution in [2.24, 2.45) is 10.2 Å². The number of H-pyrrole nitrogens is 1. The van der Waals surface area contributed by atoms with Crippen molar-refractivity contribution >= 4 is 17.7 Å². The number of benzene rings is 2.